The van der Waals surface area contributed by atoms with Crippen molar-refractivity contribution in [2.45, 2.75) is 45.3 Å². The maximum Gasteiger partial charge on any atom is 0.338 e. The molecule has 1 heterocycles. The Bertz CT molecular complexity index is 1170. The Kier molecular flexibility index (Phi) is 6.13. The highest BCUT2D eigenvalue weighted by atomic mass is 16.6. The van der Waals surface area contributed by atoms with Crippen LogP contribution in [0.1, 0.15) is 49.0 Å². The molecule has 0 unspecified atom stereocenters. The molecule has 1 saturated carbocycles. The van der Waals surface area contributed by atoms with E-state index in [1.54, 1.807) is 32.0 Å². The summed E-state index contributed by atoms with van der Waals surface area (Å²) in [4.78, 5) is 25.1. The van der Waals surface area contributed by atoms with Gasteiger partial charge in [0.05, 0.1) is 19.8 Å². The van der Waals surface area contributed by atoms with E-state index in [2.05, 4.69) is 0 Å². The first kappa shape index (κ1) is 23.4. The summed E-state index contributed by atoms with van der Waals surface area (Å²) < 4.78 is 28.1. The smallest absolute Gasteiger partial charge is 0.338 e. The zero-order valence-electron chi connectivity index (χ0n) is 19.7. The van der Waals surface area contributed by atoms with Crippen molar-refractivity contribution < 1.29 is 33.3 Å². The predicted octanol–water partition coefficient (Wildman–Crippen LogP) is 4.44. The van der Waals surface area contributed by atoms with E-state index in [9.17, 15) is 14.9 Å². The van der Waals surface area contributed by atoms with Crippen LogP contribution in [0.4, 0.5) is 0 Å². The molecule has 0 aromatic heterocycles. The summed E-state index contributed by atoms with van der Waals surface area (Å²) in [5.74, 6) is 0.428. The van der Waals surface area contributed by atoms with Crippen molar-refractivity contribution in [2.24, 2.45) is 5.41 Å². The van der Waals surface area contributed by atoms with Crippen molar-refractivity contribution in [3.63, 3.8) is 0 Å². The first-order valence-corrected chi connectivity index (χ1v) is 11.1. The fraction of sp³-hybridized carbons (Fsp3) is 0.423. The third-order valence-electron chi connectivity index (χ3n) is 6.39. The fourth-order valence-corrected chi connectivity index (χ4v) is 4.24. The van der Waals surface area contributed by atoms with Gasteiger partial charge in [-0.05, 0) is 50.5 Å². The van der Waals surface area contributed by atoms with Crippen molar-refractivity contribution in [1.29, 1.82) is 5.26 Å². The molecule has 34 heavy (non-hydrogen) atoms. The van der Waals surface area contributed by atoms with Crippen molar-refractivity contribution >= 4 is 11.9 Å². The average molecular weight is 466 g/mol. The third kappa shape index (κ3) is 4.03. The number of cyclic esters (lactones) is 1. The van der Waals surface area contributed by atoms with Crippen molar-refractivity contribution in [1.82, 2.24) is 0 Å². The molecule has 1 aliphatic heterocycles. The lowest BCUT2D eigenvalue weighted by atomic mass is 9.69. The molecule has 0 saturated heterocycles. The number of carbonyl (C=O) groups is 2. The molecule has 8 heteroatoms. The standard InChI is InChI=1S/C26H27NO7/c1-25(2,14-27)34-24(29)26(11-6-12-26)15-33-21-17(9-10-20(30-3)22(21)31-4)16-7-5-8-18-19(16)13-32-23(18)28/h5,7-10H,6,11-13,15H2,1-4H3. The molecule has 2 aliphatic rings. The molecule has 1 fully saturated rings. The summed E-state index contributed by atoms with van der Waals surface area (Å²) in [7, 11) is 3.04. The van der Waals surface area contributed by atoms with Gasteiger partial charge in [0.25, 0.3) is 0 Å². The quantitative estimate of drug-likeness (QED) is 0.527. The van der Waals surface area contributed by atoms with Gasteiger partial charge in [-0.25, -0.2) is 4.79 Å². The second kappa shape index (κ2) is 8.90. The summed E-state index contributed by atoms with van der Waals surface area (Å²) >= 11 is 0. The lowest BCUT2D eigenvalue weighted by molar-refractivity contribution is -0.173. The van der Waals surface area contributed by atoms with Crippen molar-refractivity contribution in [3.05, 3.63) is 41.5 Å². The molecule has 2 aromatic carbocycles. The van der Waals surface area contributed by atoms with E-state index in [1.165, 1.54) is 14.2 Å². The molecule has 0 amide bonds. The van der Waals surface area contributed by atoms with Crippen LogP contribution in [-0.4, -0.2) is 38.4 Å². The Morgan fingerprint density at radius 1 is 1.09 bits per heavy atom. The van der Waals surface area contributed by atoms with E-state index in [0.29, 0.717) is 41.2 Å². The van der Waals surface area contributed by atoms with Crippen LogP contribution in [-0.2, 0) is 20.9 Å². The largest absolute Gasteiger partial charge is 0.493 e. The van der Waals surface area contributed by atoms with Crippen LogP contribution >= 0.6 is 0 Å². The highest BCUT2D eigenvalue weighted by molar-refractivity contribution is 5.96. The average Bonchev–Trinajstić information content (AvgIpc) is 3.18. The zero-order valence-corrected chi connectivity index (χ0v) is 19.7. The number of hydrogen-bond donors (Lipinski definition) is 0. The molecule has 8 nitrogen and oxygen atoms in total. The minimum absolute atomic E-state index is 0.0499. The van der Waals surface area contributed by atoms with Crippen molar-refractivity contribution in [3.8, 4) is 34.4 Å². The number of rotatable bonds is 8. The minimum Gasteiger partial charge on any atom is -0.493 e. The molecular formula is C26H27NO7. The number of ether oxygens (including phenoxy) is 5. The zero-order chi connectivity index (χ0) is 24.5. The van der Waals surface area contributed by atoms with Gasteiger partial charge in [0.1, 0.15) is 24.7 Å². The van der Waals surface area contributed by atoms with Gasteiger partial charge in [-0.1, -0.05) is 18.6 Å². The number of esters is 2. The highest BCUT2D eigenvalue weighted by Crippen LogP contribution is 2.49. The summed E-state index contributed by atoms with van der Waals surface area (Å²) in [6.45, 7) is 3.33. The summed E-state index contributed by atoms with van der Waals surface area (Å²) in [6, 6.07) is 11.0. The molecule has 0 atom stereocenters. The minimum atomic E-state index is -1.23. The Labute approximate surface area is 198 Å². The Hall–Kier alpha value is -3.73. The van der Waals surface area contributed by atoms with Gasteiger partial charge in [-0.15, -0.1) is 0 Å². The summed E-state index contributed by atoms with van der Waals surface area (Å²) in [6.07, 6.45) is 2.05. The summed E-state index contributed by atoms with van der Waals surface area (Å²) in [5, 5.41) is 9.27. The lowest BCUT2D eigenvalue weighted by Gasteiger charge is -2.40. The number of methoxy groups -OCH3 is 2. The predicted molar refractivity (Wildman–Crippen MR) is 122 cm³/mol. The second-order valence-electron chi connectivity index (χ2n) is 9.02. The maximum absolute atomic E-state index is 13.0. The van der Waals surface area contributed by atoms with Crippen LogP contribution in [0.15, 0.2) is 30.3 Å². The maximum atomic E-state index is 13.0. The van der Waals surface area contributed by atoms with Gasteiger partial charge < -0.3 is 23.7 Å². The highest BCUT2D eigenvalue weighted by Gasteiger charge is 2.48. The van der Waals surface area contributed by atoms with E-state index in [4.69, 9.17) is 23.7 Å². The molecule has 1 aliphatic carbocycles. The number of nitriles is 1. The van der Waals surface area contributed by atoms with E-state index < -0.39 is 17.0 Å². The molecule has 2 aromatic rings. The number of fused-ring (bicyclic) bond motifs is 1. The SMILES string of the molecule is COc1ccc(-c2cccc3c2COC3=O)c(OCC2(C(=O)OC(C)(C)C#N)CCC2)c1OC. The van der Waals surface area contributed by atoms with Crippen LogP contribution in [0, 0.1) is 16.7 Å². The summed E-state index contributed by atoms with van der Waals surface area (Å²) in [5.41, 5.74) is 0.657. The van der Waals surface area contributed by atoms with Gasteiger partial charge in [-0.3, -0.25) is 4.79 Å². The number of nitrogens with zero attached hydrogens (tertiary/aromatic N) is 1. The van der Waals surface area contributed by atoms with Gasteiger partial charge in [-0.2, -0.15) is 5.26 Å². The van der Waals surface area contributed by atoms with Gasteiger partial charge in [0.15, 0.2) is 17.1 Å². The molecule has 0 N–H and O–H groups in total. The van der Waals surface area contributed by atoms with E-state index >= 15 is 0 Å². The molecule has 0 radical (unpaired) electrons. The van der Waals surface area contributed by atoms with Gasteiger partial charge in [0, 0.05) is 11.1 Å². The van der Waals surface area contributed by atoms with Crippen LogP contribution < -0.4 is 14.2 Å². The van der Waals surface area contributed by atoms with E-state index in [-0.39, 0.29) is 19.2 Å². The fourth-order valence-electron chi connectivity index (χ4n) is 4.24. The first-order valence-electron chi connectivity index (χ1n) is 11.1. The number of benzene rings is 2. The Morgan fingerprint density at radius 2 is 1.82 bits per heavy atom. The molecular weight excluding hydrogens is 438 g/mol. The number of carbonyl (C=O) groups excluding carboxylic acids is 2. The Balaban J connectivity index is 1.73. The first-order chi connectivity index (χ1) is 16.2. The monoisotopic (exact) mass is 465 g/mol. The van der Waals surface area contributed by atoms with E-state index in [1.807, 2.05) is 18.2 Å². The topological polar surface area (TPSA) is 104 Å². The lowest BCUT2D eigenvalue weighted by Crippen LogP contribution is -2.47. The van der Waals surface area contributed by atoms with Crippen LogP contribution in [0.25, 0.3) is 11.1 Å². The Morgan fingerprint density at radius 3 is 2.44 bits per heavy atom. The molecule has 0 spiro atoms. The molecule has 0 bridgehead atoms. The normalized spacial score (nSPS) is 15.9. The molecule has 178 valence electrons. The third-order valence-corrected chi connectivity index (χ3v) is 6.39. The second-order valence-corrected chi connectivity index (χ2v) is 9.02. The van der Waals surface area contributed by atoms with Crippen LogP contribution in [0.5, 0.6) is 17.2 Å². The number of hydrogen-bond acceptors (Lipinski definition) is 8. The van der Waals surface area contributed by atoms with Crippen LogP contribution in [0.3, 0.4) is 0 Å². The van der Waals surface area contributed by atoms with Gasteiger partial charge >= 0.3 is 11.9 Å². The van der Waals surface area contributed by atoms with Gasteiger partial charge in [0.2, 0.25) is 5.75 Å². The van der Waals surface area contributed by atoms with E-state index in [0.717, 1.165) is 17.5 Å². The van der Waals surface area contributed by atoms with Crippen molar-refractivity contribution in [2.75, 3.05) is 20.8 Å². The van der Waals surface area contributed by atoms with Crippen LogP contribution in [0.2, 0.25) is 0 Å². The molecule has 4 rings (SSSR count).